The van der Waals surface area contributed by atoms with Crippen LogP contribution in [0.5, 0.6) is 0 Å². The molecule has 0 amide bonds. The second-order valence-electron chi connectivity index (χ2n) is 3.27. The van der Waals surface area contributed by atoms with Crippen molar-refractivity contribution in [1.82, 2.24) is 4.90 Å². The second-order valence-corrected chi connectivity index (χ2v) is 3.27. The van der Waals surface area contributed by atoms with Gasteiger partial charge in [-0.05, 0) is 6.54 Å². The Balaban J connectivity index is 0.000000461. The Kier molecular flexibility index (Phi) is 4.69. The van der Waals surface area contributed by atoms with Gasteiger partial charge in [0.25, 0.3) is 0 Å². The fourth-order valence-corrected chi connectivity index (χ4v) is 1.36. The number of hydrogen-bond acceptors (Lipinski definition) is 2. The van der Waals surface area contributed by atoms with Crippen LogP contribution in [0.15, 0.2) is 0 Å². The lowest BCUT2D eigenvalue weighted by atomic mass is 9.83. The summed E-state index contributed by atoms with van der Waals surface area (Å²) in [5.41, 5.74) is 0.218. The predicted octanol–water partition coefficient (Wildman–Crippen LogP) is 1.35. The Labute approximate surface area is 70.2 Å². The molecule has 0 saturated carbocycles. The minimum absolute atomic E-state index is 0.218. The van der Waals surface area contributed by atoms with Crippen LogP contribution in [0.2, 0.25) is 0 Å². The highest BCUT2D eigenvalue weighted by Gasteiger charge is 2.36. The molecule has 1 N–H and O–H groups in total. The molecule has 2 nitrogen and oxygen atoms in total. The molecule has 1 heterocycles. The van der Waals surface area contributed by atoms with Crippen LogP contribution in [0.25, 0.3) is 0 Å². The molecule has 1 rings (SSSR count). The molecule has 11 heavy (non-hydrogen) atoms. The lowest BCUT2D eigenvalue weighted by Crippen LogP contribution is -2.56. The first-order valence-electron chi connectivity index (χ1n) is 4.53. The van der Waals surface area contributed by atoms with E-state index in [1.54, 1.807) is 0 Å². The Morgan fingerprint density at radius 2 is 1.82 bits per heavy atom. The third-order valence-corrected chi connectivity index (χ3v) is 2.04. The van der Waals surface area contributed by atoms with Crippen LogP contribution in [0.1, 0.15) is 27.7 Å². The number of aliphatic hydroxyl groups excluding tert-OH is 1. The molecule has 0 unspecified atom stereocenters. The molecule has 0 aromatic heterocycles. The van der Waals surface area contributed by atoms with Crippen molar-refractivity contribution in [3.8, 4) is 0 Å². The molecular formula is C9H21NO. The van der Waals surface area contributed by atoms with E-state index >= 15 is 0 Å². The van der Waals surface area contributed by atoms with Gasteiger partial charge in [-0.2, -0.15) is 0 Å². The van der Waals surface area contributed by atoms with Gasteiger partial charge in [0.15, 0.2) is 0 Å². The minimum Gasteiger partial charge on any atom is -0.396 e. The Morgan fingerprint density at radius 1 is 1.36 bits per heavy atom. The van der Waals surface area contributed by atoms with E-state index in [9.17, 15) is 0 Å². The zero-order chi connectivity index (χ0) is 8.91. The summed E-state index contributed by atoms with van der Waals surface area (Å²) in [4.78, 5) is 2.33. The van der Waals surface area contributed by atoms with E-state index in [1.165, 1.54) is 0 Å². The normalized spacial score (nSPS) is 21.5. The van der Waals surface area contributed by atoms with Crippen molar-refractivity contribution in [2.45, 2.75) is 27.7 Å². The van der Waals surface area contributed by atoms with Crippen molar-refractivity contribution in [2.75, 3.05) is 26.2 Å². The van der Waals surface area contributed by atoms with E-state index in [0.717, 1.165) is 19.6 Å². The molecule has 68 valence electrons. The van der Waals surface area contributed by atoms with Crippen molar-refractivity contribution >= 4 is 0 Å². The number of rotatable bonds is 2. The lowest BCUT2D eigenvalue weighted by Gasteiger charge is -2.46. The van der Waals surface area contributed by atoms with Gasteiger partial charge in [0, 0.05) is 18.5 Å². The number of aliphatic hydroxyl groups is 1. The summed E-state index contributed by atoms with van der Waals surface area (Å²) in [6.07, 6.45) is 0. The van der Waals surface area contributed by atoms with E-state index in [4.69, 9.17) is 5.11 Å². The third kappa shape index (κ3) is 2.80. The van der Waals surface area contributed by atoms with Crippen molar-refractivity contribution in [3.63, 3.8) is 0 Å². The number of nitrogens with zero attached hydrogens (tertiary/aromatic N) is 1. The lowest BCUT2D eigenvalue weighted by molar-refractivity contribution is -0.0233. The molecule has 1 saturated heterocycles. The molecule has 0 spiro atoms. The molecule has 1 fully saturated rings. The highest BCUT2D eigenvalue weighted by molar-refractivity contribution is 4.89. The molecule has 0 aromatic rings. The Hall–Kier alpha value is -0.0800. The van der Waals surface area contributed by atoms with Crippen LogP contribution >= 0.6 is 0 Å². The topological polar surface area (TPSA) is 23.5 Å². The molecular weight excluding hydrogens is 138 g/mol. The highest BCUT2D eigenvalue weighted by Crippen LogP contribution is 2.27. The molecule has 0 atom stereocenters. The van der Waals surface area contributed by atoms with Crippen LogP contribution in [-0.2, 0) is 0 Å². The third-order valence-electron chi connectivity index (χ3n) is 2.04. The molecule has 1 aliphatic heterocycles. The Morgan fingerprint density at radius 3 is 2.09 bits per heavy atom. The van der Waals surface area contributed by atoms with E-state index in [1.807, 2.05) is 13.8 Å². The monoisotopic (exact) mass is 159 g/mol. The Bertz CT molecular complexity index is 97.7. The molecule has 0 bridgehead atoms. The van der Waals surface area contributed by atoms with Crippen molar-refractivity contribution in [3.05, 3.63) is 0 Å². The van der Waals surface area contributed by atoms with E-state index < -0.39 is 0 Å². The number of hydrogen-bond donors (Lipinski definition) is 1. The summed E-state index contributed by atoms with van der Waals surface area (Å²) in [7, 11) is 0. The van der Waals surface area contributed by atoms with E-state index in [2.05, 4.69) is 18.7 Å². The average molecular weight is 159 g/mol. The summed E-state index contributed by atoms with van der Waals surface area (Å²) in [5, 5.41) is 8.83. The van der Waals surface area contributed by atoms with E-state index in [0.29, 0.717) is 6.61 Å². The van der Waals surface area contributed by atoms with Crippen LogP contribution in [0, 0.1) is 5.41 Å². The van der Waals surface area contributed by atoms with Gasteiger partial charge >= 0.3 is 0 Å². The van der Waals surface area contributed by atoms with Gasteiger partial charge < -0.3 is 10.0 Å². The molecule has 0 aromatic carbocycles. The molecule has 2 heteroatoms. The number of likely N-dealkylation sites (tertiary alicyclic amines) is 1. The zero-order valence-electron chi connectivity index (χ0n) is 8.22. The maximum atomic E-state index is 8.83. The van der Waals surface area contributed by atoms with Crippen molar-refractivity contribution < 1.29 is 5.11 Å². The van der Waals surface area contributed by atoms with Gasteiger partial charge in [-0.3, -0.25) is 0 Å². The largest absolute Gasteiger partial charge is 0.396 e. The van der Waals surface area contributed by atoms with Crippen LogP contribution in [0.3, 0.4) is 0 Å². The van der Waals surface area contributed by atoms with Crippen LogP contribution in [0.4, 0.5) is 0 Å². The molecule has 0 radical (unpaired) electrons. The molecule has 0 aliphatic carbocycles. The van der Waals surface area contributed by atoms with Gasteiger partial charge in [0.1, 0.15) is 0 Å². The highest BCUT2D eigenvalue weighted by atomic mass is 16.3. The first kappa shape index (κ1) is 10.9. The smallest absolute Gasteiger partial charge is 0.0509 e. The summed E-state index contributed by atoms with van der Waals surface area (Å²) in [6.45, 7) is 11.9. The zero-order valence-corrected chi connectivity index (χ0v) is 8.22. The predicted molar refractivity (Wildman–Crippen MR) is 48.7 cm³/mol. The van der Waals surface area contributed by atoms with Crippen molar-refractivity contribution in [2.24, 2.45) is 5.41 Å². The first-order valence-corrected chi connectivity index (χ1v) is 4.53. The van der Waals surface area contributed by atoms with Gasteiger partial charge in [-0.1, -0.05) is 27.7 Å². The standard InChI is InChI=1S/C7H15NO.C2H6/c1-3-8-4-7(2,5-8)6-9;1-2/h9H,3-6H2,1-2H3;1-2H3. The van der Waals surface area contributed by atoms with Gasteiger partial charge in [-0.15, -0.1) is 0 Å². The van der Waals surface area contributed by atoms with Crippen LogP contribution < -0.4 is 0 Å². The average Bonchev–Trinajstić information content (AvgIpc) is 2.02. The minimum atomic E-state index is 0.218. The fourth-order valence-electron chi connectivity index (χ4n) is 1.36. The maximum Gasteiger partial charge on any atom is 0.0509 e. The van der Waals surface area contributed by atoms with Crippen molar-refractivity contribution in [1.29, 1.82) is 0 Å². The summed E-state index contributed by atoms with van der Waals surface area (Å²) >= 11 is 0. The molecule has 1 aliphatic rings. The fraction of sp³-hybridized carbons (Fsp3) is 1.00. The summed E-state index contributed by atoms with van der Waals surface area (Å²) in [6, 6.07) is 0. The summed E-state index contributed by atoms with van der Waals surface area (Å²) in [5.74, 6) is 0. The van der Waals surface area contributed by atoms with Gasteiger partial charge in [0.2, 0.25) is 0 Å². The van der Waals surface area contributed by atoms with Gasteiger partial charge in [0.05, 0.1) is 6.61 Å². The second kappa shape index (κ2) is 4.73. The maximum absolute atomic E-state index is 8.83. The SMILES string of the molecule is CC.CCN1CC(C)(CO)C1. The quantitative estimate of drug-likeness (QED) is 0.657. The summed E-state index contributed by atoms with van der Waals surface area (Å²) < 4.78 is 0. The first-order chi connectivity index (χ1) is 5.20. The van der Waals surface area contributed by atoms with Crippen LogP contribution in [-0.4, -0.2) is 36.2 Å². The van der Waals surface area contributed by atoms with E-state index in [-0.39, 0.29) is 5.41 Å². The van der Waals surface area contributed by atoms with Gasteiger partial charge in [-0.25, -0.2) is 0 Å².